The SMILES string of the molecule is C=C1C[C@@H](OC(=O)c2ccccc2)[C@@H]2[C@](C)(CCC[C@@]2(C)C(=O)O)[C@@H]1CCC(C)=O. The first-order valence-electron chi connectivity index (χ1n) is 10.8. The van der Waals surface area contributed by atoms with Gasteiger partial charge in [0.15, 0.2) is 0 Å². The second-order valence-electron chi connectivity index (χ2n) is 9.53. The molecular formula is C25H32O5. The maximum Gasteiger partial charge on any atom is 0.338 e. The summed E-state index contributed by atoms with van der Waals surface area (Å²) < 4.78 is 5.97. The van der Waals surface area contributed by atoms with Crippen LogP contribution in [0.1, 0.15) is 69.7 Å². The van der Waals surface area contributed by atoms with Crippen LogP contribution in [0.5, 0.6) is 0 Å². The maximum atomic E-state index is 12.8. The van der Waals surface area contributed by atoms with Gasteiger partial charge in [-0.05, 0) is 56.6 Å². The Morgan fingerprint density at radius 1 is 1.17 bits per heavy atom. The van der Waals surface area contributed by atoms with Gasteiger partial charge in [0.05, 0.1) is 11.0 Å². The summed E-state index contributed by atoms with van der Waals surface area (Å²) in [5.74, 6) is -1.46. The van der Waals surface area contributed by atoms with Crippen LogP contribution in [0.3, 0.4) is 0 Å². The summed E-state index contributed by atoms with van der Waals surface area (Å²) in [5, 5.41) is 10.2. The first kappa shape index (κ1) is 22.3. The molecule has 5 nitrogen and oxygen atoms in total. The summed E-state index contributed by atoms with van der Waals surface area (Å²) in [7, 11) is 0. The molecule has 1 aromatic carbocycles. The molecule has 0 aromatic heterocycles. The summed E-state index contributed by atoms with van der Waals surface area (Å²) in [6.07, 6.45) is 3.17. The van der Waals surface area contributed by atoms with Gasteiger partial charge in [-0.15, -0.1) is 0 Å². The molecule has 5 atom stereocenters. The van der Waals surface area contributed by atoms with Crippen molar-refractivity contribution in [3.05, 3.63) is 48.0 Å². The number of fused-ring (bicyclic) bond motifs is 1. The molecule has 0 aliphatic heterocycles. The molecule has 1 aromatic rings. The number of Topliss-reactive ketones (excluding diaryl/α,β-unsaturated/α-hetero) is 1. The van der Waals surface area contributed by atoms with Gasteiger partial charge >= 0.3 is 11.9 Å². The third-order valence-electron chi connectivity index (χ3n) is 7.47. The average molecular weight is 413 g/mol. The highest BCUT2D eigenvalue weighted by atomic mass is 16.5. The summed E-state index contributed by atoms with van der Waals surface area (Å²) in [4.78, 5) is 36.9. The zero-order valence-electron chi connectivity index (χ0n) is 18.1. The number of ketones is 1. The lowest BCUT2D eigenvalue weighted by molar-refractivity contribution is -0.177. The van der Waals surface area contributed by atoms with Crippen molar-refractivity contribution in [1.82, 2.24) is 0 Å². The lowest BCUT2D eigenvalue weighted by Gasteiger charge is -2.59. The standard InChI is InChI=1S/C25H32O5/c1-16-15-20(30-22(27)18-9-6-5-7-10-18)21-24(3,19(16)12-11-17(2)26)13-8-14-25(21,4)23(28)29/h5-7,9-10,19-21H,1,8,11-15H2,2-4H3,(H,28,29)/t19-,20-,21-,24-,25-/m1/s1. The average Bonchev–Trinajstić information content (AvgIpc) is 2.67. The summed E-state index contributed by atoms with van der Waals surface area (Å²) in [6, 6.07) is 8.79. The van der Waals surface area contributed by atoms with Crippen molar-refractivity contribution in [2.24, 2.45) is 22.7 Å². The number of aliphatic carboxylic acids is 1. The first-order chi connectivity index (χ1) is 14.1. The fourth-order valence-electron chi connectivity index (χ4n) is 6.10. The minimum absolute atomic E-state index is 0.0389. The van der Waals surface area contributed by atoms with E-state index < -0.39 is 28.9 Å². The van der Waals surface area contributed by atoms with E-state index in [-0.39, 0.29) is 17.6 Å². The van der Waals surface area contributed by atoms with Gasteiger partial charge in [0.1, 0.15) is 11.9 Å². The number of esters is 1. The lowest BCUT2D eigenvalue weighted by atomic mass is 9.45. The third kappa shape index (κ3) is 3.94. The van der Waals surface area contributed by atoms with Gasteiger partial charge in [-0.1, -0.05) is 43.7 Å². The first-order valence-corrected chi connectivity index (χ1v) is 10.8. The fraction of sp³-hybridized carbons (Fsp3) is 0.560. The molecule has 30 heavy (non-hydrogen) atoms. The van der Waals surface area contributed by atoms with Gasteiger partial charge < -0.3 is 14.6 Å². The van der Waals surface area contributed by atoms with E-state index in [9.17, 15) is 19.5 Å². The predicted octanol–water partition coefficient (Wildman–Crippen LogP) is 5.05. The number of benzene rings is 1. The Labute approximate surface area is 178 Å². The Bertz CT molecular complexity index is 844. The van der Waals surface area contributed by atoms with Crippen LogP contribution >= 0.6 is 0 Å². The van der Waals surface area contributed by atoms with E-state index in [1.165, 1.54) is 0 Å². The Morgan fingerprint density at radius 3 is 2.43 bits per heavy atom. The molecule has 0 unspecified atom stereocenters. The molecular weight excluding hydrogens is 380 g/mol. The molecule has 2 aliphatic carbocycles. The predicted molar refractivity (Wildman–Crippen MR) is 114 cm³/mol. The Morgan fingerprint density at radius 2 is 1.83 bits per heavy atom. The van der Waals surface area contributed by atoms with Crippen molar-refractivity contribution >= 4 is 17.7 Å². The number of carboxylic acid groups (broad SMARTS) is 1. The van der Waals surface area contributed by atoms with Gasteiger partial charge in [0.2, 0.25) is 0 Å². The molecule has 2 fully saturated rings. The van der Waals surface area contributed by atoms with Gasteiger partial charge in [0.25, 0.3) is 0 Å². The van der Waals surface area contributed by atoms with Crippen molar-refractivity contribution in [2.45, 2.75) is 65.4 Å². The van der Waals surface area contributed by atoms with E-state index >= 15 is 0 Å². The van der Waals surface area contributed by atoms with Crippen molar-refractivity contribution < 1.29 is 24.2 Å². The van der Waals surface area contributed by atoms with E-state index in [2.05, 4.69) is 13.5 Å². The van der Waals surface area contributed by atoms with Crippen LogP contribution in [0.25, 0.3) is 0 Å². The largest absolute Gasteiger partial charge is 0.481 e. The van der Waals surface area contributed by atoms with Crippen LogP contribution in [0, 0.1) is 22.7 Å². The van der Waals surface area contributed by atoms with Crippen LogP contribution < -0.4 is 0 Å². The molecule has 0 amide bonds. The zero-order chi connectivity index (χ0) is 22.1. The Hall–Kier alpha value is -2.43. The van der Waals surface area contributed by atoms with E-state index in [1.54, 1.807) is 38.1 Å². The fourth-order valence-corrected chi connectivity index (χ4v) is 6.10. The molecule has 2 saturated carbocycles. The number of carbonyl (C=O) groups is 3. The number of carbonyl (C=O) groups excluding carboxylic acids is 2. The minimum atomic E-state index is -0.996. The van der Waals surface area contributed by atoms with Gasteiger partial charge in [0, 0.05) is 18.8 Å². The molecule has 1 N–H and O–H groups in total. The highest BCUT2D eigenvalue weighted by Gasteiger charge is 2.62. The Balaban J connectivity index is 1.99. The molecule has 5 heteroatoms. The van der Waals surface area contributed by atoms with Gasteiger partial charge in [-0.25, -0.2) is 4.79 Å². The quantitative estimate of drug-likeness (QED) is 0.522. The molecule has 0 bridgehead atoms. The third-order valence-corrected chi connectivity index (χ3v) is 7.47. The second kappa shape index (κ2) is 8.37. The highest BCUT2D eigenvalue weighted by molar-refractivity contribution is 5.89. The van der Waals surface area contributed by atoms with Crippen molar-refractivity contribution in [3.63, 3.8) is 0 Å². The molecule has 0 heterocycles. The zero-order valence-corrected chi connectivity index (χ0v) is 18.1. The smallest absolute Gasteiger partial charge is 0.338 e. The monoisotopic (exact) mass is 412 g/mol. The summed E-state index contributed by atoms with van der Waals surface area (Å²) in [5.41, 5.74) is 0.0218. The van der Waals surface area contributed by atoms with Crippen molar-refractivity contribution in [1.29, 1.82) is 0 Å². The molecule has 3 rings (SSSR count). The van der Waals surface area contributed by atoms with Crippen LogP contribution in [0.4, 0.5) is 0 Å². The number of carboxylic acids is 1. The second-order valence-corrected chi connectivity index (χ2v) is 9.53. The molecule has 162 valence electrons. The van der Waals surface area contributed by atoms with Crippen molar-refractivity contribution in [2.75, 3.05) is 0 Å². The summed E-state index contributed by atoms with van der Waals surface area (Å²) in [6.45, 7) is 9.76. The number of ether oxygens (including phenoxy) is 1. The van der Waals surface area contributed by atoms with Crippen LogP contribution in [0.15, 0.2) is 42.5 Å². The van der Waals surface area contributed by atoms with Crippen LogP contribution in [-0.4, -0.2) is 28.9 Å². The molecule has 0 saturated heterocycles. The minimum Gasteiger partial charge on any atom is -0.481 e. The molecule has 2 aliphatic rings. The lowest BCUT2D eigenvalue weighted by Crippen LogP contribution is -2.59. The van der Waals surface area contributed by atoms with Crippen LogP contribution in [0.2, 0.25) is 0 Å². The van der Waals surface area contributed by atoms with Crippen molar-refractivity contribution in [3.8, 4) is 0 Å². The van der Waals surface area contributed by atoms with E-state index in [0.29, 0.717) is 31.2 Å². The highest BCUT2D eigenvalue weighted by Crippen LogP contribution is 2.62. The number of rotatable bonds is 6. The topological polar surface area (TPSA) is 80.7 Å². The van der Waals surface area contributed by atoms with Gasteiger partial charge in [-0.2, -0.15) is 0 Å². The summed E-state index contributed by atoms with van der Waals surface area (Å²) >= 11 is 0. The Kier molecular flexibility index (Phi) is 6.21. The van der Waals surface area contributed by atoms with E-state index in [1.807, 2.05) is 6.07 Å². The van der Waals surface area contributed by atoms with Crippen LogP contribution in [-0.2, 0) is 14.3 Å². The maximum absolute atomic E-state index is 12.8. The number of hydrogen-bond donors (Lipinski definition) is 1. The van der Waals surface area contributed by atoms with Gasteiger partial charge in [-0.3, -0.25) is 4.79 Å². The number of hydrogen-bond acceptors (Lipinski definition) is 4. The molecule has 0 spiro atoms. The molecule has 0 radical (unpaired) electrons. The van der Waals surface area contributed by atoms with E-state index in [4.69, 9.17) is 4.74 Å². The van der Waals surface area contributed by atoms with E-state index in [0.717, 1.165) is 18.4 Å². The normalized spacial score (nSPS) is 33.4.